The number of thiazole rings is 1. The van der Waals surface area contributed by atoms with Gasteiger partial charge in [0.25, 0.3) is 0 Å². The van der Waals surface area contributed by atoms with E-state index in [1.54, 1.807) is 11.3 Å². The topological polar surface area (TPSA) is 37.6 Å². The summed E-state index contributed by atoms with van der Waals surface area (Å²) in [5.41, 5.74) is 2.28. The quantitative estimate of drug-likeness (QED) is 0.730. The molecule has 0 N–H and O–H groups in total. The van der Waals surface area contributed by atoms with Gasteiger partial charge in [-0.25, -0.2) is 4.98 Å². The van der Waals surface area contributed by atoms with Crippen LogP contribution in [0.2, 0.25) is 0 Å². The summed E-state index contributed by atoms with van der Waals surface area (Å²) >= 11 is 1.60. The summed E-state index contributed by atoms with van der Waals surface area (Å²) in [6.45, 7) is 1.75. The van der Waals surface area contributed by atoms with E-state index in [4.69, 9.17) is 0 Å². The van der Waals surface area contributed by atoms with Crippen LogP contribution in [0.3, 0.4) is 0 Å². The van der Waals surface area contributed by atoms with E-state index in [1.165, 1.54) is 5.56 Å². The molecule has 1 aromatic carbocycles. The lowest BCUT2D eigenvalue weighted by molar-refractivity contribution is -0.131. The minimum Gasteiger partial charge on any atom is -0.342 e. The molecule has 5 heteroatoms. The third kappa shape index (κ3) is 3.36. The predicted octanol–water partition coefficient (Wildman–Crippen LogP) is 3.42. The van der Waals surface area contributed by atoms with E-state index in [1.807, 2.05) is 27.1 Å². The molecule has 0 aliphatic carbocycles. The van der Waals surface area contributed by atoms with Crippen molar-refractivity contribution in [3.63, 3.8) is 0 Å². The first-order valence-electron chi connectivity index (χ1n) is 8.51. The van der Waals surface area contributed by atoms with E-state index in [9.17, 15) is 4.79 Å². The normalized spacial score (nSPS) is 15.9. The fourth-order valence-electron chi connectivity index (χ4n) is 3.46. The summed E-state index contributed by atoms with van der Waals surface area (Å²) in [7, 11) is 0. The van der Waals surface area contributed by atoms with Gasteiger partial charge >= 0.3 is 0 Å². The molecule has 0 atom stereocenters. The van der Waals surface area contributed by atoms with Gasteiger partial charge in [-0.1, -0.05) is 30.3 Å². The predicted molar refractivity (Wildman–Crippen MR) is 96.2 cm³/mol. The maximum Gasteiger partial charge on any atom is 0.228 e. The van der Waals surface area contributed by atoms with Crippen molar-refractivity contribution in [2.24, 2.45) is 5.92 Å². The van der Waals surface area contributed by atoms with Crippen LogP contribution in [0.25, 0.3) is 4.96 Å². The number of hydrogen-bond acceptors (Lipinski definition) is 3. The van der Waals surface area contributed by atoms with Gasteiger partial charge in [0.15, 0.2) is 4.96 Å². The van der Waals surface area contributed by atoms with Crippen molar-refractivity contribution in [3.05, 3.63) is 59.4 Å². The average molecular weight is 339 g/mol. The first-order chi connectivity index (χ1) is 11.8. The number of imidazole rings is 1. The Kier molecular flexibility index (Phi) is 4.34. The number of benzene rings is 1. The average Bonchev–Trinajstić information content (AvgIpc) is 3.18. The number of likely N-dealkylation sites (tertiary alicyclic amines) is 1. The van der Waals surface area contributed by atoms with Crippen molar-refractivity contribution in [2.45, 2.75) is 25.7 Å². The van der Waals surface area contributed by atoms with Gasteiger partial charge in [-0.15, -0.1) is 11.3 Å². The largest absolute Gasteiger partial charge is 0.342 e. The van der Waals surface area contributed by atoms with Crippen LogP contribution < -0.4 is 0 Å². The number of hydrogen-bond donors (Lipinski definition) is 0. The summed E-state index contributed by atoms with van der Waals surface area (Å²) in [4.78, 5) is 20.0. The van der Waals surface area contributed by atoms with Gasteiger partial charge in [-0.3, -0.25) is 9.20 Å². The second-order valence-corrected chi connectivity index (χ2v) is 7.39. The summed E-state index contributed by atoms with van der Waals surface area (Å²) in [5, 5.41) is 2.01. The third-order valence-electron chi connectivity index (χ3n) is 4.81. The van der Waals surface area contributed by atoms with Gasteiger partial charge in [0.2, 0.25) is 5.91 Å². The number of carbonyl (C=O) groups is 1. The molecule has 1 saturated heterocycles. The molecule has 3 heterocycles. The smallest absolute Gasteiger partial charge is 0.228 e. The molecular weight excluding hydrogens is 318 g/mol. The van der Waals surface area contributed by atoms with Gasteiger partial charge in [0, 0.05) is 30.9 Å². The van der Waals surface area contributed by atoms with Crippen molar-refractivity contribution >= 4 is 22.2 Å². The molecule has 1 amide bonds. The first kappa shape index (κ1) is 15.4. The Balaban J connectivity index is 1.30. The zero-order valence-corrected chi connectivity index (χ0v) is 14.4. The van der Waals surface area contributed by atoms with E-state index in [0.717, 1.165) is 43.0 Å². The molecule has 4 nitrogen and oxygen atoms in total. The molecular formula is C19H21N3OS. The number of piperidine rings is 1. The molecule has 1 aliphatic rings. The van der Waals surface area contributed by atoms with E-state index >= 15 is 0 Å². The zero-order valence-electron chi connectivity index (χ0n) is 13.6. The Hall–Kier alpha value is -2.14. The minimum absolute atomic E-state index is 0.207. The monoisotopic (exact) mass is 339 g/mol. The van der Waals surface area contributed by atoms with E-state index in [-0.39, 0.29) is 5.91 Å². The summed E-state index contributed by atoms with van der Waals surface area (Å²) in [6.07, 6.45) is 7.68. The van der Waals surface area contributed by atoms with Crippen molar-refractivity contribution in [1.29, 1.82) is 0 Å². The maximum absolute atomic E-state index is 12.5. The molecule has 4 rings (SSSR count). The number of amides is 1. The molecule has 0 saturated carbocycles. The van der Waals surface area contributed by atoms with Gasteiger partial charge in [0.1, 0.15) is 0 Å². The zero-order chi connectivity index (χ0) is 16.4. The molecule has 0 spiro atoms. The van der Waals surface area contributed by atoms with Crippen molar-refractivity contribution in [3.8, 4) is 0 Å². The highest BCUT2D eigenvalue weighted by Crippen LogP contribution is 2.22. The Labute approximate surface area is 145 Å². The van der Waals surface area contributed by atoms with Crippen molar-refractivity contribution in [1.82, 2.24) is 14.3 Å². The molecule has 1 fully saturated rings. The highest BCUT2D eigenvalue weighted by Gasteiger charge is 2.23. The van der Waals surface area contributed by atoms with Crippen LogP contribution in [0, 0.1) is 5.92 Å². The van der Waals surface area contributed by atoms with Crippen molar-refractivity contribution in [2.75, 3.05) is 13.1 Å². The van der Waals surface area contributed by atoms with Crippen LogP contribution in [0.5, 0.6) is 0 Å². The summed E-state index contributed by atoms with van der Waals surface area (Å²) in [5.74, 6) is 0.897. The molecule has 24 heavy (non-hydrogen) atoms. The maximum atomic E-state index is 12.5. The molecule has 124 valence electrons. The SMILES string of the molecule is O=C(Cc1cn2ccsc2n1)N1CCC(Cc2ccccc2)CC1. The van der Waals surface area contributed by atoms with Crippen molar-refractivity contribution < 1.29 is 4.79 Å². The van der Waals surface area contributed by atoms with Crippen LogP contribution in [0.15, 0.2) is 48.1 Å². The summed E-state index contributed by atoms with van der Waals surface area (Å²) < 4.78 is 1.99. The second kappa shape index (κ2) is 6.77. The van der Waals surface area contributed by atoms with Gasteiger partial charge in [0.05, 0.1) is 12.1 Å². The van der Waals surface area contributed by atoms with Gasteiger partial charge in [-0.2, -0.15) is 0 Å². The molecule has 0 radical (unpaired) electrons. The fourth-order valence-corrected chi connectivity index (χ4v) is 4.18. The molecule has 0 unspecified atom stereocenters. The van der Waals surface area contributed by atoms with Gasteiger partial charge in [-0.05, 0) is 30.7 Å². The Morgan fingerprint density at radius 2 is 2.00 bits per heavy atom. The van der Waals surface area contributed by atoms with E-state index in [2.05, 4.69) is 35.3 Å². The number of aromatic nitrogens is 2. The van der Waals surface area contributed by atoms with Crippen LogP contribution in [-0.2, 0) is 17.6 Å². The van der Waals surface area contributed by atoms with Crippen LogP contribution >= 0.6 is 11.3 Å². The Morgan fingerprint density at radius 3 is 2.75 bits per heavy atom. The number of fused-ring (bicyclic) bond motifs is 1. The highest BCUT2D eigenvalue weighted by atomic mass is 32.1. The lowest BCUT2D eigenvalue weighted by Gasteiger charge is -2.32. The molecule has 0 bridgehead atoms. The summed E-state index contributed by atoms with van der Waals surface area (Å²) in [6, 6.07) is 10.7. The number of nitrogens with zero attached hydrogens (tertiary/aromatic N) is 3. The van der Waals surface area contributed by atoms with E-state index < -0.39 is 0 Å². The second-order valence-electron chi connectivity index (χ2n) is 6.52. The van der Waals surface area contributed by atoms with Crippen LogP contribution in [0.4, 0.5) is 0 Å². The molecule has 1 aliphatic heterocycles. The lowest BCUT2D eigenvalue weighted by Crippen LogP contribution is -2.39. The minimum atomic E-state index is 0.207. The van der Waals surface area contributed by atoms with Gasteiger partial charge < -0.3 is 4.90 Å². The molecule has 3 aromatic rings. The first-order valence-corrected chi connectivity index (χ1v) is 9.38. The number of carbonyl (C=O) groups excluding carboxylic acids is 1. The highest BCUT2D eigenvalue weighted by molar-refractivity contribution is 7.15. The Morgan fingerprint density at radius 1 is 1.21 bits per heavy atom. The lowest BCUT2D eigenvalue weighted by atomic mass is 9.90. The van der Waals surface area contributed by atoms with E-state index in [0.29, 0.717) is 12.3 Å². The Bertz CT molecular complexity index is 787. The standard InChI is InChI=1S/C19H21N3OS/c23-18(13-17-14-22-10-11-24-19(22)20-17)21-8-6-16(7-9-21)12-15-4-2-1-3-5-15/h1-5,10-11,14,16H,6-9,12-13H2. The van der Waals surface area contributed by atoms with Crippen LogP contribution in [0.1, 0.15) is 24.1 Å². The number of rotatable bonds is 4. The molecule has 2 aromatic heterocycles. The third-order valence-corrected chi connectivity index (χ3v) is 5.58. The fraction of sp³-hybridized carbons (Fsp3) is 0.368. The van der Waals surface area contributed by atoms with Crippen LogP contribution in [-0.4, -0.2) is 33.3 Å².